The van der Waals surface area contributed by atoms with Gasteiger partial charge < -0.3 is 16.0 Å². The van der Waals surface area contributed by atoms with Crippen LogP contribution >= 0.6 is 0 Å². The Morgan fingerprint density at radius 1 is 0.735 bits per heavy atom. The fourth-order valence-electron chi connectivity index (χ4n) is 3.83. The van der Waals surface area contributed by atoms with Crippen LogP contribution in [0.4, 0.5) is 5.69 Å². The van der Waals surface area contributed by atoms with Crippen molar-refractivity contribution in [3.63, 3.8) is 0 Å². The molecule has 4 rings (SSSR count). The molecule has 34 heavy (non-hydrogen) atoms. The summed E-state index contributed by atoms with van der Waals surface area (Å²) in [6.07, 6.45) is 2.22. The van der Waals surface area contributed by atoms with Gasteiger partial charge in [0.2, 0.25) is 11.8 Å². The number of rotatable bonds is 10. The third kappa shape index (κ3) is 6.54. The minimum absolute atomic E-state index is 0.0316. The van der Waals surface area contributed by atoms with Crippen LogP contribution in [-0.4, -0.2) is 30.8 Å². The highest BCUT2D eigenvalue weighted by Gasteiger charge is 2.29. The molecule has 1 aliphatic carbocycles. The van der Waals surface area contributed by atoms with E-state index in [1.54, 1.807) is 24.3 Å². The van der Waals surface area contributed by atoms with Crippen molar-refractivity contribution in [3.8, 4) is 0 Å². The van der Waals surface area contributed by atoms with Gasteiger partial charge in [0.1, 0.15) is 0 Å². The first-order valence-electron chi connectivity index (χ1n) is 11.7. The summed E-state index contributed by atoms with van der Waals surface area (Å²) >= 11 is 0. The molecule has 1 saturated carbocycles. The lowest BCUT2D eigenvalue weighted by atomic mass is 9.88. The standard InChI is InChI=1S/C28H29N3O3/c32-26(19-25(20-7-3-1-4-8-20)21-9-5-2-6-10-21)29-17-18-30-27(33)22-13-15-24(16-14-22)31-28(34)23-11-12-23/h1-10,13-16,23,25H,11-12,17-19H2,(H,29,32)(H,30,33)(H,31,34). The molecule has 3 aromatic carbocycles. The first-order valence-corrected chi connectivity index (χ1v) is 11.7. The van der Waals surface area contributed by atoms with Gasteiger partial charge in [-0.2, -0.15) is 0 Å². The van der Waals surface area contributed by atoms with Crippen molar-refractivity contribution in [2.24, 2.45) is 5.92 Å². The van der Waals surface area contributed by atoms with Crippen molar-refractivity contribution in [2.75, 3.05) is 18.4 Å². The summed E-state index contributed by atoms with van der Waals surface area (Å²) in [4.78, 5) is 36.8. The Hall–Kier alpha value is -3.93. The second kappa shape index (κ2) is 11.3. The number of hydrogen-bond acceptors (Lipinski definition) is 3. The molecular formula is C28H29N3O3. The number of hydrogen-bond donors (Lipinski definition) is 3. The zero-order valence-electron chi connectivity index (χ0n) is 19.0. The second-order valence-corrected chi connectivity index (χ2v) is 8.52. The van der Waals surface area contributed by atoms with Crippen LogP contribution in [0.1, 0.15) is 46.7 Å². The highest BCUT2D eigenvalue weighted by molar-refractivity contribution is 5.96. The number of nitrogens with one attached hydrogen (secondary N) is 3. The summed E-state index contributed by atoms with van der Waals surface area (Å²) in [7, 11) is 0. The molecule has 0 atom stereocenters. The smallest absolute Gasteiger partial charge is 0.251 e. The van der Waals surface area contributed by atoms with Crippen LogP contribution in [0, 0.1) is 5.92 Å². The first-order chi connectivity index (χ1) is 16.6. The third-order valence-electron chi connectivity index (χ3n) is 5.89. The molecule has 0 heterocycles. The Morgan fingerprint density at radius 3 is 1.85 bits per heavy atom. The topological polar surface area (TPSA) is 87.3 Å². The molecule has 3 amide bonds. The van der Waals surface area contributed by atoms with Gasteiger partial charge in [-0.3, -0.25) is 14.4 Å². The maximum Gasteiger partial charge on any atom is 0.251 e. The second-order valence-electron chi connectivity index (χ2n) is 8.52. The lowest BCUT2D eigenvalue weighted by Crippen LogP contribution is -2.35. The summed E-state index contributed by atoms with van der Waals surface area (Å²) in [5.41, 5.74) is 3.37. The molecule has 3 N–H and O–H groups in total. The number of anilines is 1. The number of amides is 3. The van der Waals surface area contributed by atoms with E-state index in [0.29, 0.717) is 30.8 Å². The number of benzene rings is 3. The van der Waals surface area contributed by atoms with E-state index in [4.69, 9.17) is 0 Å². The minimum Gasteiger partial charge on any atom is -0.354 e. The van der Waals surface area contributed by atoms with Crippen LogP contribution in [0.3, 0.4) is 0 Å². The van der Waals surface area contributed by atoms with Gasteiger partial charge in [-0.15, -0.1) is 0 Å². The molecule has 0 saturated heterocycles. The Labute approximate surface area is 199 Å². The van der Waals surface area contributed by atoms with Crippen LogP contribution in [0.2, 0.25) is 0 Å². The van der Waals surface area contributed by atoms with E-state index in [2.05, 4.69) is 16.0 Å². The van der Waals surface area contributed by atoms with Gasteiger partial charge in [0, 0.05) is 42.6 Å². The monoisotopic (exact) mass is 455 g/mol. The summed E-state index contributed by atoms with van der Waals surface area (Å²) in [5.74, 6) is -0.150. The molecule has 3 aromatic rings. The number of carbonyl (C=O) groups is 3. The van der Waals surface area contributed by atoms with Crippen molar-refractivity contribution in [1.29, 1.82) is 0 Å². The highest BCUT2D eigenvalue weighted by Crippen LogP contribution is 2.30. The van der Waals surface area contributed by atoms with E-state index in [0.717, 1.165) is 24.0 Å². The van der Waals surface area contributed by atoms with Gasteiger partial charge >= 0.3 is 0 Å². The normalized spacial score (nSPS) is 12.7. The average Bonchev–Trinajstić information content (AvgIpc) is 3.72. The predicted octanol–water partition coefficient (Wildman–Crippen LogP) is 4.10. The summed E-state index contributed by atoms with van der Waals surface area (Å²) in [6, 6.07) is 26.8. The van der Waals surface area contributed by atoms with E-state index < -0.39 is 0 Å². The maximum atomic E-state index is 12.6. The molecule has 0 spiro atoms. The molecule has 6 heteroatoms. The molecule has 1 aliphatic rings. The molecule has 0 aliphatic heterocycles. The van der Waals surface area contributed by atoms with Gasteiger partial charge in [0.05, 0.1) is 0 Å². The molecule has 174 valence electrons. The molecule has 0 aromatic heterocycles. The van der Waals surface area contributed by atoms with Crippen LogP contribution in [0.15, 0.2) is 84.9 Å². The van der Waals surface area contributed by atoms with E-state index in [-0.39, 0.29) is 29.6 Å². The zero-order chi connectivity index (χ0) is 23.8. The van der Waals surface area contributed by atoms with Crippen molar-refractivity contribution in [2.45, 2.75) is 25.2 Å². The van der Waals surface area contributed by atoms with Crippen LogP contribution < -0.4 is 16.0 Å². The van der Waals surface area contributed by atoms with Crippen LogP contribution in [-0.2, 0) is 9.59 Å². The SMILES string of the molecule is O=C(CC(c1ccccc1)c1ccccc1)NCCNC(=O)c1ccc(NC(=O)C2CC2)cc1. The molecular weight excluding hydrogens is 426 g/mol. The Morgan fingerprint density at radius 2 is 1.29 bits per heavy atom. The van der Waals surface area contributed by atoms with Gasteiger partial charge in [0.25, 0.3) is 5.91 Å². The molecule has 6 nitrogen and oxygen atoms in total. The van der Waals surface area contributed by atoms with Crippen molar-refractivity contribution in [1.82, 2.24) is 10.6 Å². The first kappa shape index (κ1) is 23.2. The van der Waals surface area contributed by atoms with E-state index in [1.165, 1.54) is 0 Å². The highest BCUT2D eigenvalue weighted by atomic mass is 16.2. The van der Waals surface area contributed by atoms with Crippen molar-refractivity contribution >= 4 is 23.4 Å². The lowest BCUT2D eigenvalue weighted by Gasteiger charge is -2.18. The fourth-order valence-corrected chi connectivity index (χ4v) is 3.83. The summed E-state index contributed by atoms with van der Waals surface area (Å²) in [6.45, 7) is 0.669. The quantitative estimate of drug-likeness (QED) is 0.402. The van der Waals surface area contributed by atoms with Gasteiger partial charge in [-0.05, 0) is 48.2 Å². The van der Waals surface area contributed by atoms with Crippen molar-refractivity contribution in [3.05, 3.63) is 102 Å². The van der Waals surface area contributed by atoms with Gasteiger partial charge in [-0.1, -0.05) is 60.7 Å². The van der Waals surface area contributed by atoms with Crippen LogP contribution in [0.5, 0.6) is 0 Å². The number of carbonyl (C=O) groups excluding carboxylic acids is 3. The average molecular weight is 456 g/mol. The summed E-state index contributed by atoms with van der Waals surface area (Å²) < 4.78 is 0. The van der Waals surface area contributed by atoms with Gasteiger partial charge in [0.15, 0.2) is 0 Å². The predicted molar refractivity (Wildman–Crippen MR) is 132 cm³/mol. The summed E-state index contributed by atoms with van der Waals surface area (Å²) in [5, 5.41) is 8.58. The molecule has 0 bridgehead atoms. The molecule has 1 fully saturated rings. The Balaban J connectivity index is 1.23. The molecule has 0 unspecified atom stereocenters. The maximum absolute atomic E-state index is 12.6. The minimum atomic E-state index is -0.222. The lowest BCUT2D eigenvalue weighted by molar-refractivity contribution is -0.121. The third-order valence-corrected chi connectivity index (χ3v) is 5.89. The van der Waals surface area contributed by atoms with E-state index in [9.17, 15) is 14.4 Å². The van der Waals surface area contributed by atoms with Crippen LogP contribution in [0.25, 0.3) is 0 Å². The van der Waals surface area contributed by atoms with E-state index >= 15 is 0 Å². The Kier molecular flexibility index (Phi) is 7.71. The molecule has 0 radical (unpaired) electrons. The fraction of sp³-hybridized carbons (Fsp3) is 0.250. The zero-order valence-corrected chi connectivity index (χ0v) is 19.0. The van der Waals surface area contributed by atoms with E-state index in [1.807, 2.05) is 60.7 Å². The van der Waals surface area contributed by atoms with Crippen molar-refractivity contribution < 1.29 is 14.4 Å². The Bertz CT molecular complexity index is 1070. The van der Waals surface area contributed by atoms with Gasteiger partial charge in [-0.25, -0.2) is 0 Å². The largest absolute Gasteiger partial charge is 0.354 e.